The zero-order chi connectivity index (χ0) is 14.8. The van der Waals surface area contributed by atoms with Crippen molar-refractivity contribution in [1.29, 1.82) is 0 Å². The topological polar surface area (TPSA) is 33.1 Å². The molecule has 0 aliphatic carbocycles. The van der Waals surface area contributed by atoms with Gasteiger partial charge in [0.2, 0.25) is 0 Å². The molecule has 1 aliphatic heterocycles. The van der Waals surface area contributed by atoms with Crippen LogP contribution in [0.2, 0.25) is 0 Å². The molecular weight excluding hydrogens is 260 g/mol. The number of rotatable bonds is 4. The lowest BCUT2D eigenvalue weighted by atomic mass is 9.99. The molecule has 0 saturated carbocycles. The number of nitrogens with zero attached hydrogens (tertiary/aromatic N) is 3. The lowest BCUT2D eigenvalue weighted by Gasteiger charge is -2.27. The molecule has 0 radical (unpaired) electrons. The molecule has 0 unspecified atom stereocenters. The van der Waals surface area contributed by atoms with Gasteiger partial charge in [-0.2, -0.15) is 5.10 Å². The van der Waals surface area contributed by atoms with Gasteiger partial charge in [0, 0.05) is 38.1 Å². The van der Waals surface area contributed by atoms with Gasteiger partial charge in [0.25, 0.3) is 0 Å². The van der Waals surface area contributed by atoms with E-state index >= 15 is 0 Å². The highest BCUT2D eigenvalue weighted by atomic mass is 15.3. The Labute approximate surface area is 126 Å². The molecule has 4 nitrogen and oxygen atoms in total. The first-order valence-corrected chi connectivity index (χ1v) is 7.74. The normalized spacial score (nSPS) is 14.4. The zero-order valence-electron chi connectivity index (χ0n) is 13.1. The summed E-state index contributed by atoms with van der Waals surface area (Å²) in [6.45, 7) is 6.29. The van der Waals surface area contributed by atoms with Crippen molar-refractivity contribution in [1.82, 2.24) is 9.78 Å². The largest absolute Gasteiger partial charge is 0.378 e. The summed E-state index contributed by atoms with van der Waals surface area (Å²) in [5.74, 6) is 0. The number of fused-ring (bicyclic) bond motifs is 1. The second-order valence-electron chi connectivity index (χ2n) is 6.14. The summed E-state index contributed by atoms with van der Waals surface area (Å²) in [6, 6.07) is 7.22. The van der Waals surface area contributed by atoms with Gasteiger partial charge in [-0.05, 0) is 43.9 Å². The Morgan fingerprint density at radius 3 is 2.95 bits per heavy atom. The third kappa shape index (κ3) is 3.04. The maximum Gasteiger partial charge on any atom is 0.0729 e. The molecule has 1 aliphatic rings. The molecule has 2 heterocycles. The smallest absolute Gasteiger partial charge is 0.0729 e. The van der Waals surface area contributed by atoms with Crippen LogP contribution in [-0.2, 0) is 13.0 Å². The van der Waals surface area contributed by atoms with E-state index in [1.54, 1.807) is 0 Å². The highest BCUT2D eigenvalue weighted by molar-refractivity contribution is 5.56. The first kappa shape index (κ1) is 14.0. The molecule has 3 rings (SSSR count). The number of aryl methyl sites for hydroxylation is 1. The van der Waals surface area contributed by atoms with Crippen LogP contribution in [0, 0.1) is 0 Å². The number of anilines is 2. The maximum absolute atomic E-state index is 4.36. The van der Waals surface area contributed by atoms with Crippen molar-refractivity contribution in [3.8, 4) is 0 Å². The summed E-state index contributed by atoms with van der Waals surface area (Å²) < 4.78 is 1.98. The number of hydrogen-bond donors (Lipinski definition) is 1. The Hall–Kier alpha value is -1.97. The van der Waals surface area contributed by atoms with E-state index in [0.717, 1.165) is 12.2 Å². The van der Waals surface area contributed by atoms with E-state index in [1.165, 1.54) is 36.2 Å². The first-order valence-electron chi connectivity index (χ1n) is 7.74. The van der Waals surface area contributed by atoms with Crippen LogP contribution in [0.15, 0.2) is 30.6 Å². The van der Waals surface area contributed by atoms with Crippen molar-refractivity contribution in [3.63, 3.8) is 0 Å². The van der Waals surface area contributed by atoms with Gasteiger partial charge in [-0.15, -0.1) is 0 Å². The lowest BCUT2D eigenvalue weighted by Crippen LogP contribution is -2.24. The van der Waals surface area contributed by atoms with Crippen LogP contribution in [0.1, 0.15) is 37.4 Å². The maximum atomic E-state index is 4.36. The fraction of sp³-hybridized carbons (Fsp3) is 0.471. The summed E-state index contributed by atoms with van der Waals surface area (Å²) in [5, 5.41) is 7.81. The van der Waals surface area contributed by atoms with Crippen molar-refractivity contribution in [3.05, 3.63) is 41.7 Å². The van der Waals surface area contributed by atoms with E-state index in [1.807, 2.05) is 10.9 Å². The second-order valence-corrected chi connectivity index (χ2v) is 6.14. The average Bonchev–Trinajstić information content (AvgIpc) is 2.94. The van der Waals surface area contributed by atoms with Crippen LogP contribution in [0.5, 0.6) is 0 Å². The fourth-order valence-electron chi connectivity index (χ4n) is 2.86. The van der Waals surface area contributed by atoms with E-state index in [2.05, 4.69) is 60.6 Å². The first-order chi connectivity index (χ1) is 10.1. The second kappa shape index (κ2) is 5.80. The highest BCUT2D eigenvalue weighted by Gasteiger charge is 2.13. The third-order valence-corrected chi connectivity index (χ3v) is 4.12. The van der Waals surface area contributed by atoms with Crippen molar-refractivity contribution in [2.24, 2.45) is 0 Å². The van der Waals surface area contributed by atoms with Gasteiger partial charge >= 0.3 is 0 Å². The number of benzene rings is 1. The third-order valence-electron chi connectivity index (χ3n) is 4.12. The van der Waals surface area contributed by atoms with Crippen molar-refractivity contribution >= 4 is 11.4 Å². The van der Waals surface area contributed by atoms with Crippen LogP contribution in [0.4, 0.5) is 11.4 Å². The van der Waals surface area contributed by atoms with Crippen LogP contribution in [-0.4, -0.2) is 23.4 Å². The molecule has 21 heavy (non-hydrogen) atoms. The van der Waals surface area contributed by atoms with E-state index < -0.39 is 0 Å². The average molecular weight is 284 g/mol. The Morgan fingerprint density at radius 2 is 2.19 bits per heavy atom. The molecule has 0 spiro atoms. The minimum absolute atomic E-state index is 0.403. The molecule has 0 saturated heterocycles. The quantitative estimate of drug-likeness (QED) is 0.933. The van der Waals surface area contributed by atoms with E-state index in [4.69, 9.17) is 0 Å². The SMILES string of the molecule is CC(C)n1cc(NCc2ccc3c(c2)CCCN3C)cn1. The zero-order valence-corrected chi connectivity index (χ0v) is 13.1. The predicted octanol–water partition coefficient (Wildman–Crippen LogP) is 3.46. The Balaban J connectivity index is 1.67. The van der Waals surface area contributed by atoms with Crippen LogP contribution >= 0.6 is 0 Å². The van der Waals surface area contributed by atoms with Gasteiger partial charge < -0.3 is 10.2 Å². The van der Waals surface area contributed by atoms with Crippen molar-refractivity contribution < 1.29 is 0 Å². The van der Waals surface area contributed by atoms with E-state index in [0.29, 0.717) is 6.04 Å². The molecule has 0 fully saturated rings. The Kier molecular flexibility index (Phi) is 3.86. The Morgan fingerprint density at radius 1 is 1.33 bits per heavy atom. The van der Waals surface area contributed by atoms with Gasteiger partial charge in [0.05, 0.1) is 11.9 Å². The molecule has 1 N–H and O–H groups in total. The molecule has 0 amide bonds. The minimum Gasteiger partial charge on any atom is -0.378 e. The minimum atomic E-state index is 0.403. The summed E-state index contributed by atoms with van der Waals surface area (Å²) in [6.07, 6.45) is 6.41. The standard InChI is InChI=1S/C17H24N4/c1-13(2)21-12-16(11-19-21)18-10-14-6-7-17-15(9-14)5-4-8-20(17)3/h6-7,9,11-13,18H,4-5,8,10H2,1-3H3. The summed E-state index contributed by atoms with van der Waals surface area (Å²) in [5.41, 5.74) is 5.28. The number of aromatic nitrogens is 2. The van der Waals surface area contributed by atoms with Crippen LogP contribution < -0.4 is 10.2 Å². The molecular formula is C17H24N4. The molecule has 1 aromatic carbocycles. The molecule has 0 bridgehead atoms. The lowest BCUT2D eigenvalue weighted by molar-refractivity contribution is 0.532. The van der Waals surface area contributed by atoms with Crippen molar-refractivity contribution in [2.45, 2.75) is 39.3 Å². The highest BCUT2D eigenvalue weighted by Crippen LogP contribution is 2.27. The van der Waals surface area contributed by atoms with Gasteiger partial charge in [0.1, 0.15) is 0 Å². The monoisotopic (exact) mass is 284 g/mol. The molecule has 4 heteroatoms. The molecule has 1 aromatic heterocycles. The van der Waals surface area contributed by atoms with Crippen LogP contribution in [0.25, 0.3) is 0 Å². The van der Waals surface area contributed by atoms with E-state index in [9.17, 15) is 0 Å². The van der Waals surface area contributed by atoms with Gasteiger partial charge in [-0.3, -0.25) is 4.68 Å². The number of hydrogen-bond acceptors (Lipinski definition) is 3. The van der Waals surface area contributed by atoms with Crippen molar-refractivity contribution in [2.75, 3.05) is 23.8 Å². The molecule has 0 atom stereocenters. The Bertz CT molecular complexity index is 615. The number of nitrogens with one attached hydrogen (secondary N) is 1. The van der Waals surface area contributed by atoms with Gasteiger partial charge in [0.15, 0.2) is 0 Å². The fourth-order valence-corrected chi connectivity index (χ4v) is 2.86. The predicted molar refractivity (Wildman–Crippen MR) is 88.0 cm³/mol. The summed E-state index contributed by atoms with van der Waals surface area (Å²) in [4.78, 5) is 2.35. The van der Waals surface area contributed by atoms with Gasteiger partial charge in [-0.25, -0.2) is 0 Å². The molecule has 112 valence electrons. The van der Waals surface area contributed by atoms with E-state index in [-0.39, 0.29) is 0 Å². The molecule has 2 aromatic rings. The summed E-state index contributed by atoms with van der Waals surface area (Å²) in [7, 11) is 2.18. The summed E-state index contributed by atoms with van der Waals surface area (Å²) >= 11 is 0. The van der Waals surface area contributed by atoms with Gasteiger partial charge in [-0.1, -0.05) is 12.1 Å². The van der Waals surface area contributed by atoms with Crippen LogP contribution in [0.3, 0.4) is 0 Å².